The summed E-state index contributed by atoms with van der Waals surface area (Å²) in [4.78, 5) is 7.88. The lowest BCUT2D eigenvalue weighted by molar-refractivity contribution is -0.208. The number of ether oxygens (including phenoxy) is 1. The lowest BCUT2D eigenvalue weighted by Gasteiger charge is -2.36. The highest BCUT2D eigenvalue weighted by Crippen LogP contribution is 2.41. The first kappa shape index (κ1) is 18.6. The van der Waals surface area contributed by atoms with Crippen molar-refractivity contribution in [2.24, 2.45) is 10.7 Å². The Morgan fingerprint density at radius 1 is 1.26 bits per heavy atom. The molecule has 2 N–H and O–H groups in total. The number of pyridine rings is 1. The Morgan fingerprint density at radius 2 is 2.00 bits per heavy atom. The van der Waals surface area contributed by atoms with E-state index in [9.17, 15) is 17.6 Å². The van der Waals surface area contributed by atoms with E-state index in [1.807, 2.05) is 6.07 Å². The third-order valence-electron chi connectivity index (χ3n) is 4.32. The average Bonchev–Trinajstić information content (AvgIpc) is 2.60. The second kappa shape index (κ2) is 6.54. The molecule has 0 radical (unpaired) electrons. The van der Waals surface area contributed by atoms with Gasteiger partial charge in [-0.3, -0.25) is 4.98 Å². The first-order chi connectivity index (χ1) is 12.6. The normalized spacial score (nSPS) is 22.5. The van der Waals surface area contributed by atoms with Gasteiger partial charge in [0.25, 0.3) is 6.02 Å². The second-order valence-corrected chi connectivity index (χ2v) is 6.34. The minimum atomic E-state index is -4.67. The van der Waals surface area contributed by atoms with Crippen molar-refractivity contribution in [3.05, 3.63) is 53.6 Å². The van der Waals surface area contributed by atoms with Crippen molar-refractivity contribution in [3.8, 4) is 17.2 Å². The van der Waals surface area contributed by atoms with Crippen LogP contribution in [0.5, 0.6) is 0 Å². The fourth-order valence-electron chi connectivity index (χ4n) is 2.99. The molecule has 0 saturated carbocycles. The van der Waals surface area contributed by atoms with Crippen LogP contribution >= 0.6 is 0 Å². The van der Waals surface area contributed by atoms with E-state index in [2.05, 4.69) is 14.7 Å². The molecule has 0 fully saturated rings. The number of rotatable bonds is 2. The van der Waals surface area contributed by atoms with Crippen molar-refractivity contribution in [3.63, 3.8) is 0 Å². The van der Waals surface area contributed by atoms with Gasteiger partial charge in [0.05, 0.1) is 11.1 Å². The minimum absolute atomic E-state index is 0.0529. The van der Waals surface area contributed by atoms with Gasteiger partial charge in [0.1, 0.15) is 11.9 Å². The van der Waals surface area contributed by atoms with E-state index in [1.54, 1.807) is 6.07 Å². The summed E-state index contributed by atoms with van der Waals surface area (Å²) in [7, 11) is 0. The first-order valence-corrected chi connectivity index (χ1v) is 7.86. The molecule has 0 bridgehead atoms. The topological polar surface area (TPSA) is 84.3 Å². The molecule has 27 heavy (non-hydrogen) atoms. The van der Waals surface area contributed by atoms with E-state index in [4.69, 9.17) is 11.0 Å². The molecule has 0 aliphatic carbocycles. The van der Waals surface area contributed by atoms with Gasteiger partial charge in [-0.1, -0.05) is 6.07 Å². The third-order valence-corrected chi connectivity index (χ3v) is 4.32. The SMILES string of the molecule is C[C@@]1(c2cc(-c3cncc(C#N)c3)ccc2F)C[C@@H](C(F)(F)F)OC(N)=N1. The molecule has 1 aliphatic heterocycles. The summed E-state index contributed by atoms with van der Waals surface area (Å²) in [5, 5.41) is 8.99. The standard InChI is InChI=1S/C18H14F4N4O/c1-17(6-15(18(20,21)22)27-16(24)26-17)13-5-11(2-3-14(13)19)12-4-10(7-23)8-25-9-12/h2-5,8-9,15H,6H2,1H3,(H2,24,26)/t15-,17-/m0/s1. The molecule has 0 spiro atoms. The Balaban J connectivity index is 2.08. The zero-order valence-corrected chi connectivity index (χ0v) is 14.1. The highest BCUT2D eigenvalue weighted by molar-refractivity contribution is 5.73. The number of halogens is 4. The van der Waals surface area contributed by atoms with E-state index in [0.29, 0.717) is 16.7 Å². The Hall–Kier alpha value is -3.15. The van der Waals surface area contributed by atoms with Crippen molar-refractivity contribution in [1.29, 1.82) is 5.26 Å². The summed E-state index contributed by atoms with van der Waals surface area (Å²) in [6.07, 6.45) is -4.63. The highest BCUT2D eigenvalue weighted by Gasteiger charge is 2.50. The van der Waals surface area contributed by atoms with Gasteiger partial charge in [-0.05, 0) is 30.7 Å². The molecule has 2 atom stereocenters. The van der Waals surface area contributed by atoms with Crippen LogP contribution in [0.4, 0.5) is 17.6 Å². The summed E-state index contributed by atoms with van der Waals surface area (Å²) >= 11 is 0. The van der Waals surface area contributed by atoms with E-state index < -0.39 is 36.1 Å². The summed E-state index contributed by atoms with van der Waals surface area (Å²) < 4.78 is 58.5. The lowest BCUT2D eigenvalue weighted by atomic mass is 9.84. The van der Waals surface area contributed by atoms with Crippen molar-refractivity contribution >= 4 is 6.02 Å². The Labute approximate surface area is 152 Å². The van der Waals surface area contributed by atoms with Crippen molar-refractivity contribution in [2.45, 2.75) is 31.2 Å². The van der Waals surface area contributed by atoms with Crippen LogP contribution in [0.15, 0.2) is 41.7 Å². The largest absolute Gasteiger partial charge is 0.452 e. The summed E-state index contributed by atoms with van der Waals surface area (Å²) in [5.74, 6) is -0.718. The molecule has 1 aromatic heterocycles. The minimum Gasteiger partial charge on any atom is -0.452 e. The van der Waals surface area contributed by atoms with Crippen LogP contribution in [-0.2, 0) is 10.3 Å². The van der Waals surface area contributed by atoms with Crippen molar-refractivity contribution in [2.75, 3.05) is 0 Å². The van der Waals surface area contributed by atoms with Crippen LogP contribution in [0.25, 0.3) is 11.1 Å². The van der Waals surface area contributed by atoms with Gasteiger partial charge < -0.3 is 10.5 Å². The van der Waals surface area contributed by atoms with Crippen LogP contribution in [0, 0.1) is 17.1 Å². The zero-order valence-electron chi connectivity index (χ0n) is 14.1. The number of nitriles is 1. The van der Waals surface area contributed by atoms with Gasteiger partial charge in [-0.25, -0.2) is 9.38 Å². The number of alkyl halides is 3. The van der Waals surface area contributed by atoms with E-state index in [1.165, 1.54) is 31.5 Å². The first-order valence-electron chi connectivity index (χ1n) is 7.86. The molecule has 140 valence electrons. The quantitative estimate of drug-likeness (QED) is 0.809. The van der Waals surface area contributed by atoms with Crippen LogP contribution in [0.3, 0.4) is 0 Å². The predicted molar refractivity (Wildman–Crippen MR) is 88.9 cm³/mol. The molecule has 2 heterocycles. The van der Waals surface area contributed by atoms with Crippen molar-refractivity contribution in [1.82, 2.24) is 4.98 Å². The zero-order chi connectivity index (χ0) is 19.8. The Kier molecular flexibility index (Phi) is 4.51. The van der Waals surface area contributed by atoms with E-state index >= 15 is 0 Å². The Morgan fingerprint density at radius 3 is 2.67 bits per heavy atom. The maximum absolute atomic E-state index is 14.5. The smallest absolute Gasteiger partial charge is 0.425 e. The second-order valence-electron chi connectivity index (χ2n) is 6.34. The average molecular weight is 378 g/mol. The van der Waals surface area contributed by atoms with Gasteiger partial charge in [0.15, 0.2) is 6.10 Å². The molecule has 0 amide bonds. The molecule has 0 saturated heterocycles. The monoisotopic (exact) mass is 378 g/mol. The summed E-state index contributed by atoms with van der Waals surface area (Å²) in [6, 6.07) is 6.83. The number of aliphatic imine (C=N–C) groups is 1. The Bertz CT molecular complexity index is 951. The molecule has 2 aromatic rings. The summed E-state index contributed by atoms with van der Waals surface area (Å²) in [5.41, 5.74) is 5.12. The number of aromatic nitrogens is 1. The van der Waals surface area contributed by atoms with Gasteiger partial charge in [0.2, 0.25) is 0 Å². The number of nitrogens with zero attached hydrogens (tertiary/aromatic N) is 3. The van der Waals surface area contributed by atoms with Gasteiger partial charge in [0, 0.05) is 29.9 Å². The van der Waals surface area contributed by atoms with Gasteiger partial charge in [-0.15, -0.1) is 0 Å². The van der Waals surface area contributed by atoms with E-state index in [0.717, 1.165) is 6.07 Å². The fourth-order valence-corrected chi connectivity index (χ4v) is 2.99. The number of hydrogen-bond donors (Lipinski definition) is 1. The van der Waals surface area contributed by atoms with Crippen LogP contribution in [-0.4, -0.2) is 23.3 Å². The molecule has 5 nitrogen and oxygen atoms in total. The van der Waals surface area contributed by atoms with E-state index in [-0.39, 0.29) is 5.56 Å². The van der Waals surface area contributed by atoms with Crippen molar-refractivity contribution < 1.29 is 22.3 Å². The molecular formula is C18H14F4N4O. The summed E-state index contributed by atoms with van der Waals surface area (Å²) in [6.45, 7) is 1.37. The molecule has 1 aromatic carbocycles. The molecule has 3 rings (SSSR count). The number of benzene rings is 1. The van der Waals surface area contributed by atoms with Crippen LogP contribution in [0.2, 0.25) is 0 Å². The molecule has 0 unspecified atom stereocenters. The highest BCUT2D eigenvalue weighted by atomic mass is 19.4. The third kappa shape index (κ3) is 3.69. The number of amidine groups is 1. The number of nitrogens with two attached hydrogens (primary N) is 1. The van der Waals surface area contributed by atoms with Crippen LogP contribution < -0.4 is 5.73 Å². The predicted octanol–water partition coefficient (Wildman–Crippen LogP) is 3.64. The van der Waals surface area contributed by atoms with Gasteiger partial charge >= 0.3 is 6.18 Å². The maximum atomic E-state index is 14.5. The fraction of sp³-hybridized carbons (Fsp3) is 0.278. The van der Waals surface area contributed by atoms with Crippen LogP contribution in [0.1, 0.15) is 24.5 Å². The molecule has 1 aliphatic rings. The van der Waals surface area contributed by atoms with Gasteiger partial charge in [-0.2, -0.15) is 18.4 Å². The molecular weight excluding hydrogens is 364 g/mol. The lowest BCUT2D eigenvalue weighted by Crippen LogP contribution is -2.46. The molecule has 9 heteroatoms. The maximum Gasteiger partial charge on any atom is 0.425 e. The number of hydrogen-bond acceptors (Lipinski definition) is 5.